The lowest BCUT2D eigenvalue weighted by Gasteiger charge is -2.28. The number of amides is 2. The number of nitro benzene ring substituents is 1. The van der Waals surface area contributed by atoms with Gasteiger partial charge in [0.25, 0.3) is 11.6 Å². The summed E-state index contributed by atoms with van der Waals surface area (Å²) < 4.78 is 11.0. The molecule has 1 aliphatic heterocycles. The summed E-state index contributed by atoms with van der Waals surface area (Å²) in [5.41, 5.74) is 0.479. The van der Waals surface area contributed by atoms with Crippen LogP contribution < -0.4 is 14.8 Å². The highest BCUT2D eigenvalue weighted by molar-refractivity contribution is 9.15. The molecule has 0 aromatic heterocycles. The maximum atomic E-state index is 13.3. The minimum absolute atomic E-state index is 0.0170. The predicted molar refractivity (Wildman–Crippen MR) is 122 cm³/mol. The lowest BCUT2D eigenvalue weighted by atomic mass is 10.1. The number of hydrogen-bond acceptors (Lipinski definition) is 6. The number of nitrogens with zero attached hydrogens (tertiary/aromatic N) is 2. The number of nitrogens with one attached hydrogen (secondary N) is 1. The molecule has 2 amide bonds. The van der Waals surface area contributed by atoms with Gasteiger partial charge >= 0.3 is 6.09 Å². The van der Waals surface area contributed by atoms with E-state index in [0.717, 1.165) is 19.3 Å². The summed E-state index contributed by atoms with van der Waals surface area (Å²) in [7, 11) is 1.52. The number of carbonyl (C=O) groups is 2. The van der Waals surface area contributed by atoms with Crippen molar-refractivity contribution in [3.8, 4) is 11.5 Å². The molecule has 9 nitrogen and oxygen atoms in total. The number of para-hydroxylation sites is 1. The molecule has 0 spiro atoms. The number of hydrogen-bond donors (Lipinski definition) is 1. The van der Waals surface area contributed by atoms with E-state index in [4.69, 9.17) is 9.47 Å². The highest BCUT2D eigenvalue weighted by Crippen LogP contribution is 2.33. The van der Waals surface area contributed by atoms with Crippen LogP contribution in [0.3, 0.4) is 0 Å². The summed E-state index contributed by atoms with van der Waals surface area (Å²) in [4.78, 5) is 37.8. The molecule has 2 aromatic rings. The molecule has 10 heteroatoms. The maximum absolute atomic E-state index is 13.3. The third kappa shape index (κ3) is 5.64. The molecule has 3 rings (SSSR count). The fraction of sp³-hybridized carbons (Fsp3) is 0.273. The fourth-order valence-electron chi connectivity index (χ4n) is 3.29. The number of non-ortho nitro benzene ring substituents is 1. The summed E-state index contributed by atoms with van der Waals surface area (Å²) in [6.45, 7) is 1.18. The Balaban J connectivity index is 1.88. The summed E-state index contributed by atoms with van der Waals surface area (Å²) in [6, 6.07) is 12.2. The molecule has 0 bridgehead atoms. The van der Waals surface area contributed by atoms with Crippen LogP contribution in [0.2, 0.25) is 0 Å². The van der Waals surface area contributed by atoms with Crippen LogP contribution in [0.15, 0.2) is 54.2 Å². The van der Waals surface area contributed by atoms with Gasteiger partial charge in [-0.25, -0.2) is 4.79 Å². The van der Waals surface area contributed by atoms with E-state index in [1.807, 2.05) is 0 Å². The van der Waals surface area contributed by atoms with Gasteiger partial charge in [0.2, 0.25) is 0 Å². The quantitative estimate of drug-likeness (QED) is 0.353. The first-order valence-electron chi connectivity index (χ1n) is 9.96. The Bertz CT molecular complexity index is 1030. The van der Waals surface area contributed by atoms with E-state index < -0.39 is 11.0 Å². The number of piperidine rings is 1. The number of methoxy groups -OCH3 is 1. The van der Waals surface area contributed by atoms with Crippen molar-refractivity contribution in [2.24, 2.45) is 0 Å². The second-order valence-electron chi connectivity index (χ2n) is 7.01. The van der Waals surface area contributed by atoms with Crippen LogP contribution >= 0.6 is 15.9 Å². The zero-order valence-corrected chi connectivity index (χ0v) is 19.0. The Kier molecular flexibility index (Phi) is 7.82. The van der Waals surface area contributed by atoms with E-state index in [1.54, 1.807) is 29.2 Å². The maximum Gasteiger partial charge on any atom is 0.417 e. The fourth-order valence-corrected chi connectivity index (χ4v) is 3.88. The second kappa shape index (κ2) is 10.8. The van der Waals surface area contributed by atoms with Crippen LogP contribution in [-0.2, 0) is 4.79 Å². The van der Waals surface area contributed by atoms with Crippen molar-refractivity contribution >= 4 is 38.1 Å². The van der Waals surface area contributed by atoms with Crippen molar-refractivity contribution in [3.05, 3.63) is 69.9 Å². The Hall–Kier alpha value is -3.40. The van der Waals surface area contributed by atoms with Crippen LogP contribution in [0.5, 0.6) is 11.5 Å². The van der Waals surface area contributed by atoms with Gasteiger partial charge in [0.05, 0.1) is 16.5 Å². The minimum atomic E-state index is -0.897. The summed E-state index contributed by atoms with van der Waals surface area (Å²) in [6.07, 6.45) is 1.93. The predicted octanol–water partition coefficient (Wildman–Crippen LogP) is 4.47. The monoisotopic (exact) mass is 503 g/mol. The SMILES string of the molecule is COc1ccccc1/C(Br)=C(\NC(=O)Oc1ccc([N+](=O)[O-])cc1)C(=O)N1CCCCC1. The van der Waals surface area contributed by atoms with Gasteiger partial charge in [-0.1, -0.05) is 18.2 Å². The summed E-state index contributed by atoms with van der Waals surface area (Å²) in [5.74, 6) is 0.281. The van der Waals surface area contributed by atoms with Gasteiger partial charge in [0, 0.05) is 30.8 Å². The van der Waals surface area contributed by atoms with Crippen molar-refractivity contribution in [1.29, 1.82) is 0 Å². The Morgan fingerprint density at radius 3 is 2.34 bits per heavy atom. The van der Waals surface area contributed by atoms with Crippen molar-refractivity contribution in [2.45, 2.75) is 19.3 Å². The highest BCUT2D eigenvalue weighted by Gasteiger charge is 2.26. The normalized spacial score (nSPS) is 14.2. The van der Waals surface area contributed by atoms with Gasteiger partial charge in [0.15, 0.2) is 0 Å². The standard InChI is InChI=1S/C22H22BrN3O6/c1-31-18-8-4-3-7-17(18)19(23)20(21(27)25-13-5-2-6-14-25)24-22(28)32-16-11-9-15(10-12-16)26(29)30/h3-4,7-12H,2,5-6,13-14H2,1H3,(H,24,28)/b20-19+. The lowest BCUT2D eigenvalue weighted by molar-refractivity contribution is -0.384. The molecular formula is C22H22BrN3O6. The topological polar surface area (TPSA) is 111 Å². The molecule has 0 radical (unpaired) electrons. The molecule has 1 saturated heterocycles. The molecule has 2 aromatic carbocycles. The number of rotatable bonds is 6. The van der Waals surface area contributed by atoms with Gasteiger partial charge in [-0.3, -0.25) is 20.2 Å². The molecular weight excluding hydrogens is 482 g/mol. The van der Waals surface area contributed by atoms with Crippen LogP contribution in [-0.4, -0.2) is 42.0 Å². The summed E-state index contributed by atoms with van der Waals surface area (Å²) >= 11 is 3.46. The zero-order valence-electron chi connectivity index (χ0n) is 17.4. The molecule has 0 saturated carbocycles. The van der Waals surface area contributed by atoms with Crippen molar-refractivity contribution in [3.63, 3.8) is 0 Å². The molecule has 32 heavy (non-hydrogen) atoms. The third-order valence-electron chi connectivity index (χ3n) is 4.91. The van der Waals surface area contributed by atoms with E-state index in [-0.39, 0.29) is 23.0 Å². The zero-order chi connectivity index (χ0) is 23.1. The van der Waals surface area contributed by atoms with Gasteiger partial charge in [-0.05, 0) is 53.4 Å². The molecule has 168 valence electrons. The highest BCUT2D eigenvalue weighted by atomic mass is 79.9. The first-order valence-corrected chi connectivity index (χ1v) is 10.8. The molecule has 1 fully saturated rings. The van der Waals surface area contributed by atoms with Crippen molar-refractivity contribution < 1.29 is 24.0 Å². The lowest BCUT2D eigenvalue weighted by Crippen LogP contribution is -2.42. The summed E-state index contributed by atoms with van der Waals surface area (Å²) in [5, 5.41) is 13.3. The molecule has 1 N–H and O–H groups in total. The average molecular weight is 504 g/mol. The van der Waals surface area contributed by atoms with Crippen LogP contribution in [0, 0.1) is 10.1 Å². The minimum Gasteiger partial charge on any atom is -0.496 e. The number of benzene rings is 2. The molecule has 1 heterocycles. The molecule has 0 aliphatic carbocycles. The molecule has 0 unspecified atom stereocenters. The van der Waals surface area contributed by atoms with E-state index >= 15 is 0 Å². The first kappa shape index (κ1) is 23.3. The number of carbonyl (C=O) groups excluding carboxylic acids is 2. The average Bonchev–Trinajstić information content (AvgIpc) is 2.82. The molecule has 1 aliphatic rings. The molecule has 0 atom stereocenters. The Morgan fingerprint density at radius 2 is 1.72 bits per heavy atom. The largest absolute Gasteiger partial charge is 0.496 e. The van der Waals surface area contributed by atoms with E-state index in [9.17, 15) is 19.7 Å². The smallest absolute Gasteiger partial charge is 0.417 e. The van der Waals surface area contributed by atoms with Gasteiger partial charge in [-0.2, -0.15) is 0 Å². The Labute approximate surface area is 193 Å². The first-order chi connectivity index (χ1) is 15.4. The number of nitro groups is 1. The Morgan fingerprint density at radius 1 is 1.06 bits per heavy atom. The van der Waals surface area contributed by atoms with Gasteiger partial charge in [-0.15, -0.1) is 0 Å². The van der Waals surface area contributed by atoms with Crippen LogP contribution in [0.25, 0.3) is 4.48 Å². The van der Waals surface area contributed by atoms with E-state index in [2.05, 4.69) is 21.2 Å². The number of halogens is 1. The van der Waals surface area contributed by atoms with Crippen molar-refractivity contribution in [1.82, 2.24) is 10.2 Å². The second-order valence-corrected chi connectivity index (χ2v) is 7.80. The van der Waals surface area contributed by atoms with E-state index in [0.29, 0.717) is 28.9 Å². The number of likely N-dealkylation sites (tertiary alicyclic amines) is 1. The third-order valence-corrected chi connectivity index (χ3v) is 5.73. The van der Waals surface area contributed by atoms with Crippen LogP contribution in [0.1, 0.15) is 24.8 Å². The van der Waals surface area contributed by atoms with Gasteiger partial charge < -0.3 is 14.4 Å². The van der Waals surface area contributed by atoms with E-state index in [1.165, 1.54) is 31.4 Å². The van der Waals surface area contributed by atoms with Gasteiger partial charge in [0.1, 0.15) is 17.2 Å². The van der Waals surface area contributed by atoms with Crippen LogP contribution in [0.4, 0.5) is 10.5 Å². The number of ether oxygens (including phenoxy) is 2. The van der Waals surface area contributed by atoms with Crippen molar-refractivity contribution in [2.75, 3.05) is 20.2 Å².